The highest BCUT2D eigenvalue weighted by atomic mass is 14.5. The summed E-state index contributed by atoms with van der Waals surface area (Å²) in [5.41, 5.74) is 11.0. The van der Waals surface area contributed by atoms with Gasteiger partial charge in [0.25, 0.3) is 0 Å². The number of hydrogen-bond acceptors (Lipinski definition) is 2. The van der Waals surface area contributed by atoms with Crippen molar-refractivity contribution < 1.29 is 0 Å². The van der Waals surface area contributed by atoms with Gasteiger partial charge in [-0.05, 0) is 37.8 Å². The van der Waals surface area contributed by atoms with Crippen molar-refractivity contribution in [3.63, 3.8) is 0 Å². The lowest BCUT2D eigenvalue weighted by molar-refractivity contribution is 0.406. The highest BCUT2D eigenvalue weighted by Gasteiger charge is 2.04. The lowest BCUT2D eigenvalue weighted by Crippen LogP contribution is -2.11. The van der Waals surface area contributed by atoms with E-state index < -0.39 is 0 Å². The van der Waals surface area contributed by atoms with Crippen LogP contribution in [-0.2, 0) is 0 Å². The molecule has 0 aromatic heterocycles. The average molecular weight is 186 g/mol. The molecule has 4 N–H and O–H groups in total. The second kappa shape index (κ2) is 8.52. The molecule has 0 rings (SSSR count). The van der Waals surface area contributed by atoms with Crippen molar-refractivity contribution in [3.05, 3.63) is 0 Å². The van der Waals surface area contributed by atoms with Crippen LogP contribution in [0.15, 0.2) is 0 Å². The number of unbranched alkanes of at least 4 members (excludes halogenated alkanes) is 1. The Hall–Kier alpha value is -0.0800. The summed E-state index contributed by atoms with van der Waals surface area (Å²) in [4.78, 5) is 0. The van der Waals surface area contributed by atoms with E-state index in [9.17, 15) is 0 Å². The van der Waals surface area contributed by atoms with E-state index in [1.165, 1.54) is 32.1 Å². The molecule has 80 valence electrons. The van der Waals surface area contributed by atoms with Crippen molar-refractivity contribution in [1.82, 2.24) is 0 Å². The van der Waals surface area contributed by atoms with Crippen molar-refractivity contribution in [2.45, 2.75) is 46.0 Å². The van der Waals surface area contributed by atoms with Crippen LogP contribution in [0.5, 0.6) is 0 Å². The minimum absolute atomic E-state index is 0.692. The molecule has 0 aromatic carbocycles. The van der Waals surface area contributed by atoms with Crippen LogP contribution in [0.2, 0.25) is 0 Å². The lowest BCUT2D eigenvalue weighted by atomic mass is 9.94. The first-order valence-electron chi connectivity index (χ1n) is 5.60. The Labute approximate surface area is 83.1 Å². The van der Waals surface area contributed by atoms with Crippen LogP contribution < -0.4 is 11.5 Å². The maximum atomic E-state index is 5.56. The molecular formula is C11H26N2. The van der Waals surface area contributed by atoms with Gasteiger partial charge in [0.2, 0.25) is 0 Å². The van der Waals surface area contributed by atoms with Gasteiger partial charge in [-0.15, -0.1) is 0 Å². The van der Waals surface area contributed by atoms with E-state index in [4.69, 9.17) is 11.5 Å². The van der Waals surface area contributed by atoms with Gasteiger partial charge in [0.1, 0.15) is 0 Å². The van der Waals surface area contributed by atoms with Crippen LogP contribution in [0.1, 0.15) is 46.0 Å². The van der Waals surface area contributed by atoms with Gasteiger partial charge in [0, 0.05) is 0 Å². The van der Waals surface area contributed by atoms with Crippen molar-refractivity contribution >= 4 is 0 Å². The fraction of sp³-hybridized carbons (Fsp3) is 1.00. The van der Waals surface area contributed by atoms with Crippen molar-refractivity contribution in [3.8, 4) is 0 Å². The number of hydrogen-bond donors (Lipinski definition) is 2. The van der Waals surface area contributed by atoms with Crippen molar-refractivity contribution in [2.24, 2.45) is 23.3 Å². The number of rotatable bonds is 8. The van der Waals surface area contributed by atoms with E-state index in [2.05, 4.69) is 13.8 Å². The van der Waals surface area contributed by atoms with Crippen LogP contribution in [0.3, 0.4) is 0 Å². The van der Waals surface area contributed by atoms with E-state index in [0.717, 1.165) is 19.0 Å². The molecule has 2 heteroatoms. The Morgan fingerprint density at radius 3 is 2.00 bits per heavy atom. The second-order valence-electron chi connectivity index (χ2n) is 4.31. The summed E-state index contributed by atoms with van der Waals surface area (Å²) in [6.07, 6.45) is 6.39. The molecule has 0 saturated carbocycles. The summed E-state index contributed by atoms with van der Waals surface area (Å²) in [7, 11) is 0. The summed E-state index contributed by atoms with van der Waals surface area (Å²) in [5, 5.41) is 0. The van der Waals surface area contributed by atoms with Crippen LogP contribution >= 0.6 is 0 Å². The topological polar surface area (TPSA) is 52.0 Å². The zero-order valence-corrected chi connectivity index (χ0v) is 9.26. The first-order chi connectivity index (χ1) is 6.20. The van der Waals surface area contributed by atoms with E-state index >= 15 is 0 Å². The van der Waals surface area contributed by atoms with Crippen LogP contribution in [-0.4, -0.2) is 13.1 Å². The van der Waals surface area contributed by atoms with Gasteiger partial charge < -0.3 is 11.5 Å². The molecule has 0 aliphatic rings. The summed E-state index contributed by atoms with van der Waals surface area (Å²) in [5.74, 6) is 1.54. The largest absolute Gasteiger partial charge is 0.330 e. The molecule has 0 aromatic rings. The highest BCUT2D eigenvalue weighted by molar-refractivity contribution is 4.59. The molecule has 0 saturated heterocycles. The van der Waals surface area contributed by atoms with Gasteiger partial charge in [-0.2, -0.15) is 0 Å². The minimum Gasteiger partial charge on any atom is -0.330 e. The summed E-state index contributed by atoms with van der Waals surface area (Å²) in [6, 6.07) is 0. The van der Waals surface area contributed by atoms with Gasteiger partial charge in [0.05, 0.1) is 0 Å². The molecule has 0 aliphatic carbocycles. The lowest BCUT2D eigenvalue weighted by Gasteiger charge is -2.13. The maximum Gasteiger partial charge on any atom is -0.00515 e. The third kappa shape index (κ3) is 8.26. The molecule has 0 aliphatic heterocycles. The SMILES string of the molecule is CC(CN)CCC(C)CCCCN. The fourth-order valence-electron chi connectivity index (χ4n) is 1.47. The Morgan fingerprint density at radius 2 is 1.46 bits per heavy atom. The third-order valence-electron chi connectivity index (χ3n) is 2.71. The zero-order valence-electron chi connectivity index (χ0n) is 9.26. The van der Waals surface area contributed by atoms with Crippen molar-refractivity contribution in [2.75, 3.05) is 13.1 Å². The van der Waals surface area contributed by atoms with Gasteiger partial charge in [0.15, 0.2) is 0 Å². The molecule has 0 amide bonds. The van der Waals surface area contributed by atoms with Crippen LogP contribution in [0.25, 0.3) is 0 Å². The number of nitrogens with two attached hydrogens (primary N) is 2. The summed E-state index contributed by atoms with van der Waals surface area (Å²) < 4.78 is 0. The molecular weight excluding hydrogens is 160 g/mol. The standard InChI is InChI=1S/C11H26N2/c1-10(5-3-4-8-12)6-7-11(2)9-13/h10-11H,3-9,12-13H2,1-2H3. The molecule has 2 nitrogen and oxygen atoms in total. The van der Waals surface area contributed by atoms with Gasteiger partial charge in [-0.1, -0.05) is 33.1 Å². The molecule has 0 spiro atoms. The molecule has 0 heterocycles. The molecule has 0 fully saturated rings. The van der Waals surface area contributed by atoms with Crippen LogP contribution in [0, 0.1) is 11.8 Å². The highest BCUT2D eigenvalue weighted by Crippen LogP contribution is 2.16. The molecule has 2 atom stereocenters. The monoisotopic (exact) mass is 186 g/mol. The van der Waals surface area contributed by atoms with E-state index in [1.54, 1.807) is 0 Å². The second-order valence-corrected chi connectivity index (χ2v) is 4.31. The van der Waals surface area contributed by atoms with Gasteiger partial charge >= 0.3 is 0 Å². The first kappa shape index (κ1) is 12.9. The first-order valence-corrected chi connectivity index (χ1v) is 5.60. The Bertz CT molecular complexity index is 104. The normalized spacial score (nSPS) is 15.7. The Morgan fingerprint density at radius 1 is 0.846 bits per heavy atom. The maximum absolute atomic E-state index is 5.56. The predicted octanol–water partition coefficient (Wildman–Crippen LogP) is 2.13. The predicted molar refractivity (Wildman–Crippen MR) is 59.5 cm³/mol. The van der Waals surface area contributed by atoms with Crippen LogP contribution in [0.4, 0.5) is 0 Å². The van der Waals surface area contributed by atoms with Crippen molar-refractivity contribution in [1.29, 1.82) is 0 Å². The summed E-state index contributed by atoms with van der Waals surface area (Å²) in [6.45, 7) is 6.23. The third-order valence-corrected chi connectivity index (χ3v) is 2.71. The minimum atomic E-state index is 0.692. The smallest absolute Gasteiger partial charge is 0.00515 e. The van der Waals surface area contributed by atoms with E-state index in [0.29, 0.717) is 5.92 Å². The molecule has 0 radical (unpaired) electrons. The fourth-order valence-corrected chi connectivity index (χ4v) is 1.47. The molecule has 0 bridgehead atoms. The van der Waals surface area contributed by atoms with E-state index in [1.807, 2.05) is 0 Å². The average Bonchev–Trinajstić information content (AvgIpc) is 2.14. The quantitative estimate of drug-likeness (QED) is 0.571. The summed E-state index contributed by atoms with van der Waals surface area (Å²) >= 11 is 0. The zero-order chi connectivity index (χ0) is 10.1. The Kier molecular flexibility index (Phi) is 8.46. The van der Waals surface area contributed by atoms with Gasteiger partial charge in [-0.25, -0.2) is 0 Å². The molecule has 13 heavy (non-hydrogen) atoms. The molecule has 2 unspecified atom stereocenters. The van der Waals surface area contributed by atoms with Gasteiger partial charge in [-0.3, -0.25) is 0 Å². The Balaban J connectivity index is 3.24. The van der Waals surface area contributed by atoms with E-state index in [-0.39, 0.29) is 0 Å².